The van der Waals surface area contributed by atoms with E-state index in [1.807, 2.05) is 56.5 Å². The van der Waals surface area contributed by atoms with E-state index in [1.165, 1.54) is 11.8 Å². The smallest absolute Gasteiger partial charge is 0.412 e. The van der Waals surface area contributed by atoms with Crippen LogP contribution >= 0.6 is 34.7 Å². The molecular formula is C17H16ClN3O2S2. The molecule has 0 spiro atoms. The Morgan fingerprint density at radius 2 is 2.08 bits per heavy atom. The van der Waals surface area contributed by atoms with Crippen LogP contribution in [-0.4, -0.2) is 21.7 Å². The zero-order valence-electron chi connectivity index (χ0n) is 13.9. The second kappa shape index (κ2) is 7.19. The van der Waals surface area contributed by atoms with Crippen LogP contribution in [0.2, 0.25) is 5.28 Å². The van der Waals surface area contributed by atoms with E-state index in [0.29, 0.717) is 5.69 Å². The summed E-state index contributed by atoms with van der Waals surface area (Å²) in [6, 6.07) is 9.40. The van der Waals surface area contributed by atoms with Crippen LogP contribution in [0.4, 0.5) is 10.5 Å². The summed E-state index contributed by atoms with van der Waals surface area (Å²) < 4.78 is 6.26. The molecule has 8 heteroatoms. The number of nitrogens with one attached hydrogen (secondary N) is 1. The van der Waals surface area contributed by atoms with Crippen molar-refractivity contribution in [2.45, 2.75) is 36.3 Å². The lowest BCUT2D eigenvalue weighted by Crippen LogP contribution is -2.27. The van der Waals surface area contributed by atoms with Crippen molar-refractivity contribution in [3.63, 3.8) is 0 Å². The van der Waals surface area contributed by atoms with E-state index in [9.17, 15) is 4.79 Å². The molecule has 1 N–H and O–H groups in total. The maximum absolute atomic E-state index is 11.9. The highest BCUT2D eigenvalue weighted by molar-refractivity contribution is 7.99. The highest BCUT2D eigenvalue weighted by atomic mass is 35.5. The maximum Gasteiger partial charge on any atom is 0.412 e. The van der Waals surface area contributed by atoms with Crippen molar-refractivity contribution in [1.82, 2.24) is 9.97 Å². The molecule has 3 rings (SSSR count). The van der Waals surface area contributed by atoms with E-state index < -0.39 is 11.7 Å². The molecule has 1 amide bonds. The van der Waals surface area contributed by atoms with E-state index >= 15 is 0 Å². The number of amides is 1. The zero-order chi connectivity index (χ0) is 18.0. The van der Waals surface area contributed by atoms with E-state index in [1.54, 1.807) is 11.3 Å². The van der Waals surface area contributed by atoms with E-state index in [2.05, 4.69) is 15.3 Å². The molecule has 0 saturated heterocycles. The van der Waals surface area contributed by atoms with E-state index in [-0.39, 0.29) is 5.28 Å². The Hall–Kier alpha value is -1.83. The highest BCUT2D eigenvalue weighted by Gasteiger charge is 2.16. The molecule has 0 saturated carbocycles. The maximum atomic E-state index is 11.9. The Balaban J connectivity index is 1.80. The van der Waals surface area contributed by atoms with Crippen molar-refractivity contribution >= 4 is 56.7 Å². The van der Waals surface area contributed by atoms with Gasteiger partial charge in [-0.05, 0) is 62.0 Å². The minimum Gasteiger partial charge on any atom is -0.444 e. The van der Waals surface area contributed by atoms with Crippen LogP contribution in [-0.2, 0) is 4.74 Å². The van der Waals surface area contributed by atoms with Gasteiger partial charge in [0.25, 0.3) is 0 Å². The van der Waals surface area contributed by atoms with Gasteiger partial charge < -0.3 is 4.74 Å². The fourth-order valence-corrected chi connectivity index (χ4v) is 4.14. The summed E-state index contributed by atoms with van der Waals surface area (Å²) in [6.07, 6.45) is -0.486. The van der Waals surface area contributed by atoms with Crippen LogP contribution in [0.1, 0.15) is 20.8 Å². The topological polar surface area (TPSA) is 64.1 Å². The molecule has 2 heterocycles. The van der Waals surface area contributed by atoms with Crippen LogP contribution in [0, 0.1) is 0 Å². The van der Waals surface area contributed by atoms with Gasteiger partial charge in [0, 0.05) is 10.6 Å². The number of rotatable bonds is 3. The first-order chi connectivity index (χ1) is 11.8. The average molecular weight is 394 g/mol. The van der Waals surface area contributed by atoms with Gasteiger partial charge in [-0.15, -0.1) is 11.3 Å². The van der Waals surface area contributed by atoms with Crippen LogP contribution in [0.3, 0.4) is 0 Å². The average Bonchev–Trinajstić information content (AvgIpc) is 2.93. The van der Waals surface area contributed by atoms with Gasteiger partial charge in [-0.1, -0.05) is 17.8 Å². The summed E-state index contributed by atoms with van der Waals surface area (Å²) in [4.78, 5) is 21.4. The second-order valence-electron chi connectivity index (χ2n) is 6.19. The number of benzene rings is 1. The summed E-state index contributed by atoms with van der Waals surface area (Å²) in [5.41, 5.74) is 0.941. The Labute approximate surface area is 158 Å². The Morgan fingerprint density at radius 1 is 1.28 bits per heavy atom. The molecule has 1 aromatic carbocycles. The van der Waals surface area contributed by atoms with Gasteiger partial charge in [0.2, 0.25) is 5.28 Å². The number of halogens is 1. The SMILES string of the molecule is CC(C)(C)OC(=O)Nc1cccc(Sc2nc(Cl)nc3ccsc23)c1. The molecule has 0 aliphatic heterocycles. The lowest BCUT2D eigenvalue weighted by molar-refractivity contribution is 0.0636. The Bertz CT molecular complexity index is 922. The molecule has 0 aliphatic carbocycles. The van der Waals surface area contributed by atoms with Gasteiger partial charge in [0.05, 0.1) is 10.2 Å². The predicted octanol–water partition coefficient (Wildman–Crippen LogP) is 5.84. The van der Waals surface area contributed by atoms with Crippen LogP contribution in [0.25, 0.3) is 10.2 Å². The largest absolute Gasteiger partial charge is 0.444 e. The monoisotopic (exact) mass is 393 g/mol. The van der Waals surface area contributed by atoms with E-state index in [4.69, 9.17) is 16.3 Å². The standard InChI is InChI=1S/C17H16ClN3O2S2/c1-17(2,3)23-16(22)19-10-5-4-6-11(9-10)25-14-13-12(7-8-24-13)20-15(18)21-14/h4-9H,1-3H3,(H,19,22). The summed E-state index contributed by atoms with van der Waals surface area (Å²) in [7, 11) is 0. The number of anilines is 1. The summed E-state index contributed by atoms with van der Waals surface area (Å²) in [5, 5.41) is 5.71. The summed E-state index contributed by atoms with van der Waals surface area (Å²) >= 11 is 9.05. The minimum atomic E-state index is -0.543. The summed E-state index contributed by atoms with van der Waals surface area (Å²) in [5.74, 6) is 0. The number of aromatic nitrogens is 2. The number of carbonyl (C=O) groups excluding carboxylic acids is 1. The van der Waals surface area contributed by atoms with Gasteiger partial charge in [-0.3, -0.25) is 5.32 Å². The van der Waals surface area contributed by atoms with Crippen molar-refractivity contribution in [3.8, 4) is 0 Å². The fourth-order valence-electron chi connectivity index (χ4n) is 2.05. The molecule has 25 heavy (non-hydrogen) atoms. The number of carbonyl (C=O) groups is 1. The van der Waals surface area contributed by atoms with Crippen LogP contribution in [0.5, 0.6) is 0 Å². The molecule has 3 aromatic rings. The number of hydrogen-bond donors (Lipinski definition) is 1. The lowest BCUT2D eigenvalue weighted by atomic mass is 10.2. The first-order valence-corrected chi connectivity index (χ1v) is 9.56. The van der Waals surface area contributed by atoms with Gasteiger partial charge in [0.15, 0.2) is 0 Å². The number of thiophene rings is 1. The molecular weight excluding hydrogens is 378 g/mol. The highest BCUT2D eigenvalue weighted by Crippen LogP contribution is 2.35. The summed E-state index contributed by atoms with van der Waals surface area (Å²) in [6.45, 7) is 5.47. The molecule has 0 atom stereocenters. The predicted molar refractivity (Wildman–Crippen MR) is 103 cm³/mol. The first-order valence-electron chi connectivity index (χ1n) is 7.49. The van der Waals surface area contributed by atoms with Crippen LogP contribution in [0.15, 0.2) is 45.6 Å². The molecule has 0 unspecified atom stereocenters. The van der Waals surface area contributed by atoms with Crippen molar-refractivity contribution in [1.29, 1.82) is 0 Å². The quantitative estimate of drug-likeness (QED) is 0.447. The third-order valence-corrected chi connectivity index (χ3v) is 5.13. The fraction of sp³-hybridized carbons (Fsp3) is 0.235. The third kappa shape index (κ3) is 4.84. The number of ether oxygens (including phenoxy) is 1. The van der Waals surface area contributed by atoms with Crippen molar-refractivity contribution in [2.24, 2.45) is 0 Å². The first kappa shape index (κ1) is 18.0. The molecule has 0 bridgehead atoms. The van der Waals surface area contributed by atoms with Crippen molar-refractivity contribution in [3.05, 3.63) is 41.0 Å². The normalized spacial score (nSPS) is 11.5. The molecule has 0 fully saturated rings. The zero-order valence-corrected chi connectivity index (χ0v) is 16.3. The molecule has 130 valence electrons. The van der Waals surface area contributed by atoms with Crippen molar-refractivity contribution < 1.29 is 9.53 Å². The molecule has 2 aromatic heterocycles. The molecule has 0 aliphatic rings. The third-order valence-electron chi connectivity index (χ3n) is 2.94. The van der Waals surface area contributed by atoms with Crippen molar-refractivity contribution in [2.75, 3.05) is 5.32 Å². The van der Waals surface area contributed by atoms with Gasteiger partial charge >= 0.3 is 6.09 Å². The van der Waals surface area contributed by atoms with Crippen LogP contribution < -0.4 is 5.32 Å². The number of fused-ring (bicyclic) bond motifs is 1. The van der Waals surface area contributed by atoms with Gasteiger partial charge in [-0.2, -0.15) is 0 Å². The van der Waals surface area contributed by atoms with E-state index in [0.717, 1.165) is 20.1 Å². The Morgan fingerprint density at radius 3 is 2.84 bits per heavy atom. The lowest BCUT2D eigenvalue weighted by Gasteiger charge is -2.19. The molecule has 0 radical (unpaired) electrons. The molecule has 5 nitrogen and oxygen atoms in total. The number of nitrogens with zero attached hydrogens (tertiary/aromatic N) is 2. The van der Waals surface area contributed by atoms with Gasteiger partial charge in [-0.25, -0.2) is 14.8 Å². The second-order valence-corrected chi connectivity index (χ2v) is 8.51. The van der Waals surface area contributed by atoms with Gasteiger partial charge in [0.1, 0.15) is 10.6 Å². The number of hydrogen-bond acceptors (Lipinski definition) is 6. The minimum absolute atomic E-state index is 0.219. The Kier molecular flexibility index (Phi) is 5.17.